The maximum atomic E-state index is 12.2. The van der Waals surface area contributed by atoms with E-state index in [1.807, 2.05) is 17.5 Å². The first kappa shape index (κ1) is 15.2. The molecular formula is C11H10BrNO5S2. The van der Waals surface area contributed by atoms with Gasteiger partial charge in [-0.05, 0) is 34.3 Å². The largest absolute Gasteiger partial charge is 0.475 e. The van der Waals surface area contributed by atoms with E-state index in [0.29, 0.717) is 0 Å². The van der Waals surface area contributed by atoms with E-state index in [4.69, 9.17) is 9.52 Å². The molecule has 0 aliphatic rings. The highest BCUT2D eigenvalue weighted by molar-refractivity contribution is 9.10. The number of carbonyl (C=O) groups is 1. The molecule has 0 aromatic carbocycles. The number of rotatable bonds is 5. The van der Waals surface area contributed by atoms with Gasteiger partial charge in [-0.1, -0.05) is 6.07 Å². The summed E-state index contributed by atoms with van der Waals surface area (Å²) in [5.41, 5.74) is 0. The van der Waals surface area contributed by atoms with Crippen molar-refractivity contribution in [3.8, 4) is 0 Å². The van der Waals surface area contributed by atoms with Gasteiger partial charge in [-0.2, -0.15) is 0 Å². The number of sulfonamides is 1. The van der Waals surface area contributed by atoms with Gasteiger partial charge in [0, 0.05) is 10.9 Å². The van der Waals surface area contributed by atoms with Crippen LogP contribution in [-0.4, -0.2) is 19.5 Å². The van der Waals surface area contributed by atoms with E-state index in [-0.39, 0.29) is 9.56 Å². The number of thiophene rings is 1. The molecule has 0 aliphatic heterocycles. The highest BCUT2D eigenvalue weighted by Crippen LogP contribution is 2.28. The highest BCUT2D eigenvalue weighted by Gasteiger charge is 2.26. The van der Waals surface area contributed by atoms with Crippen molar-refractivity contribution in [2.75, 3.05) is 0 Å². The molecule has 6 nitrogen and oxygen atoms in total. The number of halogens is 1. The molecule has 0 bridgehead atoms. The lowest BCUT2D eigenvalue weighted by Crippen LogP contribution is -2.26. The Kier molecular flexibility index (Phi) is 4.33. The molecule has 0 saturated carbocycles. The normalized spacial score (nSPS) is 13.3. The summed E-state index contributed by atoms with van der Waals surface area (Å²) in [6.07, 6.45) is 0. The minimum atomic E-state index is -3.88. The quantitative estimate of drug-likeness (QED) is 0.832. The summed E-state index contributed by atoms with van der Waals surface area (Å²) in [6, 6.07) is 4.18. The van der Waals surface area contributed by atoms with Crippen LogP contribution in [0.4, 0.5) is 0 Å². The summed E-state index contributed by atoms with van der Waals surface area (Å²) in [7, 11) is -3.88. The Balaban J connectivity index is 2.29. The van der Waals surface area contributed by atoms with Gasteiger partial charge in [-0.15, -0.1) is 11.3 Å². The third-order valence-corrected chi connectivity index (χ3v) is 5.91. The van der Waals surface area contributed by atoms with E-state index in [1.54, 1.807) is 6.92 Å². The van der Waals surface area contributed by atoms with Crippen LogP contribution in [0.3, 0.4) is 0 Å². The molecule has 0 amide bonds. The second-order valence-electron chi connectivity index (χ2n) is 3.91. The first-order valence-electron chi connectivity index (χ1n) is 5.39. The summed E-state index contributed by atoms with van der Waals surface area (Å²) in [6.45, 7) is 1.70. The van der Waals surface area contributed by atoms with Gasteiger partial charge >= 0.3 is 5.97 Å². The minimum Gasteiger partial charge on any atom is -0.475 e. The van der Waals surface area contributed by atoms with Gasteiger partial charge in [-0.25, -0.2) is 17.9 Å². The summed E-state index contributed by atoms with van der Waals surface area (Å²) in [4.78, 5) is 11.4. The van der Waals surface area contributed by atoms with Crippen molar-refractivity contribution in [3.05, 3.63) is 38.9 Å². The summed E-state index contributed by atoms with van der Waals surface area (Å²) < 4.78 is 31.6. The molecule has 0 aliphatic carbocycles. The number of carboxylic acid groups (broad SMARTS) is 1. The zero-order valence-electron chi connectivity index (χ0n) is 10.2. The summed E-state index contributed by atoms with van der Waals surface area (Å²) in [5, 5.41) is 10.6. The molecule has 2 rings (SSSR count). The first-order valence-corrected chi connectivity index (χ1v) is 8.55. The molecule has 0 saturated heterocycles. The smallest absolute Gasteiger partial charge is 0.371 e. The Bertz CT molecular complexity index is 720. The molecule has 108 valence electrons. The van der Waals surface area contributed by atoms with Crippen molar-refractivity contribution in [2.24, 2.45) is 0 Å². The SMILES string of the molecule is C[C@@H](NS(=O)(=O)c1cc(C(=O)O)oc1Br)c1cccs1. The maximum absolute atomic E-state index is 12.2. The molecule has 2 aromatic rings. The van der Waals surface area contributed by atoms with Gasteiger partial charge in [0.25, 0.3) is 0 Å². The standard InChI is InChI=1S/C11H10BrNO5S2/c1-6(8-3-2-4-19-8)13-20(16,17)9-5-7(11(14)15)18-10(9)12/h2-6,13H,1H3,(H,14,15)/t6-/m1/s1. The second kappa shape index (κ2) is 5.68. The van der Waals surface area contributed by atoms with Crippen molar-refractivity contribution >= 4 is 43.3 Å². The fraction of sp³-hybridized carbons (Fsp3) is 0.182. The molecule has 2 aromatic heterocycles. The summed E-state index contributed by atoms with van der Waals surface area (Å²) >= 11 is 4.34. The lowest BCUT2D eigenvalue weighted by atomic mass is 10.3. The third-order valence-electron chi connectivity index (χ3n) is 2.46. The zero-order valence-corrected chi connectivity index (χ0v) is 13.4. The zero-order chi connectivity index (χ0) is 14.9. The van der Waals surface area contributed by atoms with Crippen molar-refractivity contribution in [2.45, 2.75) is 17.9 Å². The van der Waals surface area contributed by atoms with Gasteiger partial charge < -0.3 is 9.52 Å². The fourth-order valence-electron chi connectivity index (χ4n) is 1.53. The number of carboxylic acids is 1. The number of nitrogens with one attached hydrogen (secondary N) is 1. The third kappa shape index (κ3) is 3.11. The Labute approximate surface area is 127 Å². The van der Waals surface area contributed by atoms with Crippen LogP contribution in [-0.2, 0) is 10.0 Å². The first-order chi connectivity index (χ1) is 9.31. The van der Waals surface area contributed by atoms with Crippen molar-refractivity contribution in [1.82, 2.24) is 4.72 Å². The van der Waals surface area contributed by atoms with Crippen LogP contribution in [0, 0.1) is 0 Å². The van der Waals surface area contributed by atoms with Crippen molar-refractivity contribution in [1.29, 1.82) is 0 Å². The molecule has 1 atom stereocenters. The van der Waals surface area contributed by atoms with Gasteiger partial charge in [-0.3, -0.25) is 0 Å². The molecule has 0 radical (unpaired) electrons. The van der Waals surface area contributed by atoms with E-state index in [2.05, 4.69) is 20.7 Å². The second-order valence-corrected chi connectivity index (χ2v) is 7.29. The van der Waals surface area contributed by atoms with Crippen LogP contribution in [0.15, 0.2) is 37.6 Å². The van der Waals surface area contributed by atoms with Crippen molar-refractivity contribution < 1.29 is 22.7 Å². The van der Waals surface area contributed by atoms with Crippen LogP contribution in [0.2, 0.25) is 0 Å². The molecule has 0 unspecified atom stereocenters. The molecule has 0 spiro atoms. The van der Waals surface area contributed by atoms with Gasteiger partial charge in [0.15, 0.2) is 4.67 Å². The lowest BCUT2D eigenvalue weighted by molar-refractivity contribution is 0.0661. The molecular weight excluding hydrogens is 370 g/mol. The number of aromatic carboxylic acids is 1. The molecule has 9 heteroatoms. The van der Waals surface area contributed by atoms with E-state index in [0.717, 1.165) is 10.9 Å². The van der Waals surface area contributed by atoms with E-state index in [1.165, 1.54) is 11.3 Å². The fourth-order valence-corrected chi connectivity index (χ4v) is 4.50. The van der Waals surface area contributed by atoms with E-state index < -0.39 is 27.8 Å². The average molecular weight is 380 g/mol. The predicted molar refractivity (Wildman–Crippen MR) is 76.4 cm³/mol. The van der Waals surface area contributed by atoms with Crippen LogP contribution in [0.5, 0.6) is 0 Å². The Morgan fingerprint density at radius 3 is 2.75 bits per heavy atom. The summed E-state index contributed by atoms with van der Waals surface area (Å²) in [5.74, 6) is -1.78. The van der Waals surface area contributed by atoms with Gasteiger partial charge in [0.1, 0.15) is 4.90 Å². The van der Waals surface area contributed by atoms with Gasteiger partial charge in [0.05, 0.1) is 6.04 Å². The highest BCUT2D eigenvalue weighted by atomic mass is 79.9. The van der Waals surface area contributed by atoms with Crippen molar-refractivity contribution in [3.63, 3.8) is 0 Å². The molecule has 20 heavy (non-hydrogen) atoms. The Hall–Kier alpha value is -1.16. The topological polar surface area (TPSA) is 96.6 Å². The molecule has 2 heterocycles. The minimum absolute atomic E-state index is 0.138. The van der Waals surface area contributed by atoms with E-state index >= 15 is 0 Å². The van der Waals surface area contributed by atoms with Gasteiger partial charge in [0.2, 0.25) is 15.8 Å². The van der Waals surface area contributed by atoms with Crippen LogP contribution >= 0.6 is 27.3 Å². The monoisotopic (exact) mass is 379 g/mol. The van der Waals surface area contributed by atoms with Crippen LogP contribution in [0.25, 0.3) is 0 Å². The lowest BCUT2D eigenvalue weighted by Gasteiger charge is -2.11. The average Bonchev–Trinajstić information content (AvgIpc) is 2.96. The number of hydrogen-bond acceptors (Lipinski definition) is 5. The van der Waals surface area contributed by atoms with Crippen LogP contribution < -0.4 is 4.72 Å². The number of furan rings is 1. The molecule has 2 N–H and O–H groups in total. The Morgan fingerprint density at radius 1 is 1.55 bits per heavy atom. The number of hydrogen-bond donors (Lipinski definition) is 2. The maximum Gasteiger partial charge on any atom is 0.371 e. The Morgan fingerprint density at radius 2 is 2.25 bits per heavy atom. The van der Waals surface area contributed by atoms with E-state index in [9.17, 15) is 13.2 Å². The molecule has 0 fully saturated rings. The van der Waals surface area contributed by atoms with Crippen LogP contribution in [0.1, 0.15) is 28.4 Å². The predicted octanol–water partition coefficient (Wildman–Crippen LogP) is 2.84.